The average Bonchev–Trinajstić information content (AvgIpc) is 2.69. The number of esters is 1. The minimum atomic E-state index is -0.752. The molecule has 6 nitrogen and oxygen atoms in total. The lowest BCUT2D eigenvalue weighted by Gasteiger charge is -2.25. The number of thiol groups is 1. The number of benzene rings is 2. The summed E-state index contributed by atoms with van der Waals surface area (Å²) in [5.41, 5.74) is 1.03. The zero-order chi connectivity index (χ0) is 21.4. The van der Waals surface area contributed by atoms with Crippen LogP contribution in [0.2, 0.25) is 0 Å². The predicted molar refractivity (Wildman–Crippen MR) is 121 cm³/mol. The van der Waals surface area contributed by atoms with Gasteiger partial charge < -0.3 is 14.6 Å². The van der Waals surface area contributed by atoms with Gasteiger partial charge in [-0.25, -0.2) is 4.79 Å². The Kier molecular flexibility index (Phi) is 9.32. The number of ether oxygens (including phenoxy) is 2. The summed E-state index contributed by atoms with van der Waals surface area (Å²) in [7, 11) is 0. The molecule has 0 aromatic heterocycles. The monoisotopic (exact) mass is 545 g/mol. The molecule has 156 valence electrons. The van der Waals surface area contributed by atoms with E-state index in [4.69, 9.17) is 9.47 Å². The molecule has 2 atom stereocenters. The highest BCUT2D eigenvalue weighted by Gasteiger charge is 2.27. The van der Waals surface area contributed by atoms with E-state index in [2.05, 4.69) is 49.8 Å². The molecule has 0 aliphatic heterocycles. The SMILES string of the molecule is C[C@@H](CCOC(=O)CS)[C@@H](OC(=O)Nc1ccc(Br)cc1)c1cc(Br)ccc1O. The van der Waals surface area contributed by atoms with Gasteiger partial charge in [0.2, 0.25) is 0 Å². The summed E-state index contributed by atoms with van der Waals surface area (Å²) in [6, 6.07) is 12.0. The lowest BCUT2D eigenvalue weighted by molar-refractivity contribution is -0.141. The maximum absolute atomic E-state index is 12.5. The number of carbonyl (C=O) groups is 2. The molecule has 0 heterocycles. The van der Waals surface area contributed by atoms with E-state index in [1.54, 1.807) is 36.4 Å². The van der Waals surface area contributed by atoms with E-state index in [-0.39, 0.29) is 24.0 Å². The van der Waals surface area contributed by atoms with Crippen molar-refractivity contribution in [2.24, 2.45) is 5.92 Å². The summed E-state index contributed by atoms with van der Waals surface area (Å²) in [5.74, 6) is -0.653. The number of hydrogen-bond acceptors (Lipinski definition) is 6. The lowest BCUT2D eigenvalue weighted by atomic mass is 9.94. The number of phenolic OH excluding ortho intramolecular Hbond substituents is 1. The topological polar surface area (TPSA) is 84.9 Å². The van der Waals surface area contributed by atoms with Crippen molar-refractivity contribution in [3.63, 3.8) is 0 Å². The zero-order valence-electron chi connectivity index (χ0n) is 15.6. The quantitative estimate of drug-likeness (QED) is 0.292. The van der Waals surface area contributed by atoms with Gasteiger partial charge in [0, 0.05) is 26.1 Å². The third kappa shape index (κ3) is 7.56. The first-order chi connectivity index (χ1) is 13.8. The van der Waals surface area contributed by atoms with Gasteiger partial charge in [-0.1, -0.05) is 38.8 Å². The van der Waals surface area contributed by atoms with Crippen LogP contribution in [-0.2, 0) is 14.3 Å². The van der Waals surface area contributed by atoms with E-state index in [1.165, 1.54) is 6.07 Å². The van der Waals surface area contributed by atoms with Gasteiger partial charge in [0.15, 0.2) is 0 Å². The van der Waals surface area contributed by atoms with Crippen molar-refractivity contribution < 1.29 is 24.2 Å². The summed E-state index contributed by atoms with van der Waals surface area (Å²) in [5, 5.41) is 13.0. The molecule has 2 aromatic rings. The third-order valence-corrected chi connectivity index (χ3v) is 5.38. The number of carbonyl (C=O) groups excluding carboxylic acids is 2. The molecule has 2 rings (SSSR count). The minimum absolute atomic E-state index is 0.00365. The second kappa shape index (κ2) is 11.5. The number of anilines is 1. The Hall–Kier alpha value is -1.71. The van der Waals surface area contributed by atoms with Crippen molar-refractivity contribution in [2.75, 3.05) is 17.7 Å². The highest BCUT2D eigenvalue weighted by molar-refractivity contribution is 9.10. The van der Waals surface area contributed by atoms with Gasteiger partial charge in [-0.05, 0) is 48.9 Å². The van der Waals surface area contributed by atoms with Gasteiger partial charge in [-0.15, -0.1) is 0 Å². The van der Waals surface area contributed by atoms with E-state index in [1.807, 2.05) is 6.92 Å². The maximum atomic E-state index is 12.5. The van der Waals surface area contributed by atoms with Crippen molar-refractivity contribution >= 4 is 62.2 Å². The summed E-state index contributed by atoms with van der Waals surface area (Å²) >= 11 is 10.6. The highest BCUT2D eigenvalue weighted by Crippen LogP contribution is 2.36. The van der Waals surface area contributed by atoms with E-state index in [9.17, 15) is 14.7 Å². The molecule has 29 heavy (non-hydrogen) atoms. The van der Waals surface area contributed by atoms with Crippen LogP contribution < -0.4 is 5.32 Å². The normalized spacial score (nSPS) is 12.7. The van der Waals surface area contributed by atoms with Crippen molar-refractivity contribution in [2.45, 2.75) is 19.4 Å². The molecule has 0 saturated carbocycles. The molecule has 0 aliphatic rings. The first-order valence-electron chi connectivity index (χ1n) is 8.78. The summed E-state index contributed by atoms with van der Waals surface area (Å²) < 4.78 is 12.3. The number of halogens is 2. The van der Waals surface area contributed by atoms with Crippen molar-refractivity contribution in [3.8, 4) is 5.75 Å². The second-order valence-corrected chi connectivity index (χ2v) is 8.45. The Morgan fingerprint density at radius 3 is 2.45 bits per heavy atom. The van der Waals surface area contributed by atoms with Gasteiger partial charge in [0.1, 0.15) is 11.9 Å². The van der Waals surface area contributed by atoms with Crippen LogP contribution in [0.25, 0.3) is 0 Å². The molecule has 0 fully saturated rings. The Labute approximate surface area is 191 Å². The molecule has 9 heteroatoms. The van der Waals surface area contributed by atoms with E-state index in [0.717, 1.165) is 8.95 Å². The molecule has 2 N–H and O–H groups in total. The molecule has 0 radical (unpaired) electrons. The van der Waals surface area contributed by atoms with E-state index < -0.39 is 18.2 Å². The van der Waals surface area contributed by atoms with Crippen molar-refractivity contribution in [3.05, 3.63) is 57.0 Å². The molecular formula is C20H21Br2NO5S. The van der Waals surface area contributed by atoms with E-state index >= 15 is 0 Å². The number of nitrogens with one attached hydrogen (secondary N) is 1. The third-order valence-electron chi connectivity index (χ3n) is 4.10. The van der Waals surface area contributed by atoms with Crippen LogP contribution in [0.3, 0.4) is 0 Å². The fraction of sp³-hybridized carbons (Fsp3) is 0.300. The summed E-state index contributed by atoms with van der Waals surface area (Å²) in [6.45, 7) is 2.01. The van der Waals surface area contributed by atoms with Crippen LogP contribution in [0, 0.1) is 5.92 Å². The standard InChI is InChI=1S/C20H21Br2NO5S/c1-12(8-9-27-18(25)11-29)19(16-10-14(22)4-7-17(16)24)28-20(26)23-15-5-2-13(21)3-6-15/h2-7,10,12,19,24,29H,8-9,11H2,1H3,(H,23,26)/t12-,19+/m0/s1. The zero-order valence-corrected chi connectivity index (χ0v) is 19.7. The number of hydrogen-bond donors (Lipinski definition) is 3. The Morgan fingerprint density at radius 2 is 1.79 bits per heavy atom. The first kappa shape index (κ1) is 23.6. The average molecular weight is 547 g/mol. The van der Waals surface area contributed by atoms with Crippen LogP contribution >= 0.6 is 44.5 Å². The van der Waals surface area contributed by atoms with Gasteiger partial charge in [-0.2, -0.15) is 12.6 Å². The fourth-order valence-electron chi connectivity index (χ4n) is 2.59. The van der Waals surface area contributed by atoms with E-state index in [0.29, 0.717) is 17.7 Å². The first-order valence-corrected chi connectivity index (χ1v) is 11.0. The molecule has 0 unspecified atom stereocenters. The van der Waals surface area contributed by atoms with Crippen molar-refractivity contribution in [1.82, 2.24) is 0 Å². The number of aromatic hydroxyl groups is 1. The Balaban J connectivity index is 2.14. The number of phenols is 1. The molecular weight excluding hydrogens is 526 g/mol. The summed E-state index contributed by atoms with van der Waals surface area (Å²) in [6.07, 6.45) is -0.977. The maximum Gasteiger partial charge on any atom is 0.412 e. The molecule has 2 aromatic carbocycles. The van der Waals surface area contributed by atoms with Gasteiger partial charge in [-0.3, -0.25) is 10.1 Å². The smallest absolute Gasteiger partial charge is 0.412 e. The highest BCUT2D eigenvalue weighted by atomic mass is 79.9. The fourth-order valence-corrected chi connectivity index (χ4v) is 3.33. The van der Waals surface area contributed by atoms with Gasteiger partial charge >= 0.3 is 12.1 Å². The van der Waals surface area contributed by atoms with Crippen LogP contribution in [0.15, 0.2) is 51.4 Å². The summed E-state index contributed by atoms with van der Waals surface area (Å²) in [4.78, 5) is 23.8. The Bertz CT molecular complexity index is 847. The van der Waals surface area contributed by atoms with Crippen molar-refractivity contribution in [1.29, 1.82) is 0 Å². The molecule has 1 amide bonds. The number of rotatable bonds is 8. The molecule has 0 aliphatic carbocycles. The number of amides is 1. The van der Waals surface area contributed by atoms with Gasteiger partial charge in [0.05, 0.1) is 12.4 Å². The molecule has 0 spiro atoms. The largest absolute Gasteiger partial charge is 0.508 e. The lowest BCUT2D eigenvalue weighted by Crippen LogP contribution is -2.23. The predicted octanol–water partition coefficient (Wildman–Crippen LogP) is 5.71. The minimum Gasteiger partial charge on any atom is -0.508 e. The van der Waals surface area contributed by atoms with Crippen LogP contribution in [-0.4, -0.2) is 29.5 Å². The van der Waals surface area contributed by atoms with Crippen LogP contribution in [0.4, 0.5) is 10.5 Å². The van der Waals surface area contributed by atoms with Crippen LogP contribution in [0.5, 0.6) is 5.75 Å². The van der Waals surface area contributed by atoms with Crippen LogP contribution in [0.1, 0.15) is 25.0 Å². The molecule has 0 bridgehead atoms. The Morgan fingerprint density at radius 1 is 1.14 bits per heavy atom. The second-order valence-electron chi connectivity index (χ2n) is 6.31. The van der Waals surface area contributed by atoms with Gasteiger partial charge in [0.25, 0.3) is 0 Å². The molecule has 0 saturated heterocycles.